The zero-order valence-electron chi connectivity index (χ0n) is 9.66. The molecule has 0 saturated carbocycles. The van der Waals surface area contributed by atoms with Crippen LogP contribution in [0.5, 0.6) is 11.5 Å². The molecule has 0 atom stereocenters. The molecule has 0 N–H and O–H groups in total. The van der Waals surface area contributed by atoms with Crippen LogP contribution in [-0.2, 0) is 0 Å². The Morgan fingerprint density at radius 2 is 1.47 bits per heavy atom. The van der Waals surface area contributed by atoms with Gasteiger partial charge in [0.05, 0.1) is 13.2 Å². The standard InChI is InChI=1S/C13H20O2/c1-3-5-6-11-15-13-9-7-12(8-10-13)14-4-2/h7-10H,3-6,11H2,1-2H3. The Morgan fingerprint density at radius 3 is 2.00 bits per heavy atom. The van der Waals surface area contributed by atoms with Crippen molar-refractivity contribution in [3.8, 4) is 11.5 Å². The third-order valence-corrected chi connectivity index (χ3v) is 2.15. The van der Waals surface area contributed by atoms with Gasteiger partial charge in [-0.2, -0.15) is 0 Å². The van der Waals surface area contributed by atoms with E-state index in [1.54, 1.807) is 0 Å². The van der Waals surface area contributed by atoms with Crippen molar-refractivity contribution in [1.29, 1.82) is 0 Å². The average molecular weight is 208 g/mol. The molecule has 0 saturated heterocycles. The molecule has 0 amide bonds. The first-order chi connectivity index (χ1) is 7.36. The van der Waals surface area contributed by atoms with Crippen molar-refractivity contribution in [2.45, 2.75) is 33.1 Å². The summed E-state index contributed by atoms with van der Waals surface area (Å²) >= 11 is 0. The summed E-state index contributed by atoms with van der Waals surface area (Å²) in [5, 5.41) is 0. The summed E-state index contributed by atoms with van der Waals surface area (Å²) in [5.41, 5.74) is 0. The van der Waals surface area contributed by atoms with E-state index >= 15 is 0 Å². The number of rotatable bonds is 7. The van der Waals surface area contributed by atoms with E-state index in [-0.39, 0.29) is 0 Å². The first-order valence-corrected chi connectivity index (χ1v) is 5.72. The molecule has 0 spiro atoms. The van der Waals surface area contributed by atoms with Crippen molar-refractivity contribution >= 4 is 0 Å². The fraction of sp³-hybridized carbons (Fsp3) is 0.538. The zero-order chi connectivity index (χ0) is 10.9. The monoisotopic (exact) mass is 208 g/mol. The molecule has 84 valence electrons. The maximum atomic E-state index is 5.59. The lowest BCUT2D eigenvalue weighted by atomic mass is 10.3. The van der Waals surface area contributed by atoms with E-state index in [9.17, 15) is 0 Å². The molecule has 0 fully saturated rings. The highest BCUT2D eigenvalue weighted by atomic mass is 16.5. The van der Waals surface area contributed by atoms with E-state index < -0.39 is 0 Å². The van der Waals surface area contributed by atoms with Crippen LogP contribution in [0.25, 0.3) is 0 Å². The van der Waals surface area contributed by atoms with Crippen LogP contribution < -0.4 is 9.47 Å². The highest BCUT2D eigenvalue weighted by molar-refractivity contribution is 5.31. The number of hydrogen-bond acceptors (Lipinski definition) is 2. The summed E-state index contributed by atoms with van der Waals surface area (Å²) in [4.78, 5) is 0. The van der Waals surface area contributed by atoms with Crippen molar-refractivity contribution in [3.63, 3.8) is 0 Å². The van der Waals surface area contributed by atoms with Gasteiger partial charge in [-0.3, -0.25) is 0 Å². The molecular formula is C13H20O2. The summed E-state index contributed by atoms with van der Waals surface area (Å²) < 4.78 is 10.9. The molecule has 0 heterocycles. The van der Waals surface area contributed by atoms with Crippen LogP contribution in [0.2, 0.25) is 0 Å². The Hall–Kier alpha value is -1.18. The average Bonchev–Trinajstić information content (AvgIpc) is 2.27. The molecule has 15 heavy (non-hydrogen) atoms. The second kappa shape index (κ2) is 7.16. The Labute approximate surface area is 92.2 Å². The Morgan fingerprint density at radius 1 is 0.867 bits per heavy atom. The molecule has 0 radical (unpaired) electrons. The summed E-state index contributed by atoms with van der Waals surface area (Å²) in [6.07, 6.45) is 3.59. The van der Waals surface area contributed by atoms with Gasteiger partial charge in [0.2, 0.25) is 0 Å². The van der Waals surface area contributed by atoms with Crippen LogP contribution in [0, 0.1) is 0 Å². The smallest absolute Gasteiger partial charge is 0.119 e. The van der Waals surface area contributed by atoms with E-state index in [1.807, 2.05) is 31.2 Å². The molecule has 1 aromatic carbocycles. The molecule has 0 aliphatic rings. The highest BCUT2D eigenvalue weighted by Gasteiger charge is 1.95. The van der Waals surface area contributed by atoms with Crippen molar-refractivity contribution in [3.05, 3.63) is 24.3 Å². The van der Waals surface area contributed by atoms with Crippen LogP contribution in [0.4, 0.5) is 0 Å². The first-order valence-electron chi connectivity index (χ1n) is 5.72. The molecule has 2 nitrogen and oxygen atoms in total. The summed E-state index contributed by atoms with van der Waals surface area (Å²) in [6, 6.07) is 7.80. The fourth-order valence-corrected chi connectivity index (χ4v) is 1.34. The Bertz CT molecular complexity index is 254. The van der Waals surface area contributed by atoms with E-state index in [0.29, 0.717) is 6.61 Å². The molecule has 2 heteroatoms. The molecular weight excluding hydrogens is 188 g/mol. The highest BCUT2D eigenvalue weighted by Crippen LogP contribution is 2.17. The van der Waals surface area contributed by atoms with E-state index in [4.69, 9.17) is 9.47 Å². The molecule has 0 unspecified atom stereocenters. The predicted octanol–water partition coefficient (Wildman–Crippen LogP) is 3.65. The maximum absolute atomic E-state index is 5.59. The second-order valence-electron chi connectivity index (χ2n) is 3.46. The summed E-state index contributed by atoms with van der Waals surface area (Å²) in [6.45, 7) is 5.69. The number of unbranched alkanes of at least 4 members (excludes halogenated alkanes) is 2. The van der Waals surface area contributed by atoms with Gasteiger partial charge in [-0.1, -0.05) is 19.8 Å². The molecule has 0 aromatic heterocycles. The largest absolute Gasteiger partial charge is 0.494 e. The molecule has 1 rings (SSSR count). The van der Waals surface area contributed by atoms with Gasteiger partial charge in [0.15, 0.2) is 0 Å². The van der Waals surface area contributed by atoms with Gasteiger partial charge in [-0.25, -0.2) is 0 Å². The lowest BCUT2D eigenvalue weighted by Crippen LogP contribution is -1.97. The lowest BCUT2D eigenvalue weighted by molar-refractivity contribution is 0.304. The van der Waals surface area contributed by atoms with Crippen molar-refractivity contribution in [2.75, 3.05) is 13.2 Å². The topological polar surface area (TPSA) is 18.5 Å². The second-order valence-corrected chi connectivity index (χ2v) is 3.46. The van der Waals surface area contributed by atoms with E-state index in [0.717, 1.165) is 24.5 Å². The van der Waals surface area contributed by atoms with Gasteiger partial charge in [-0.05, 0) is 37.6 Å². The maximum Gasteiger partial charge on any atom is 0.119 e. The van der Waals surface area contributed by atoms with Crippen LogP contribution in [-0.4, -0.2) is 13.2 Å². The van der Waals surface area contributed by atoms with Crippen molar-refractivity contribution in [1.82, 2.24) is 0 Å². The normalized spacial score (nSPS) is 10.0. The van der Waals surface area contributed by atoms with Crippen LogP contribution in [0.3, 0.4) is 0 Å². The van der Waals surface area contributed by atoms with Gasteiger partial charge in [0.25, 0.3) is 0 Å². The molecule has 0 aliphatic heterocycles. The molecule has 0 aliphatic carbocycles. The third-order valence-electron chi connectivity index (χ3n) is 2.15. The number of ether oxygens (including phenoxy) is 2. The number of benzene rings is 1. The lowest BCUT2D eigenvalue weighted by Gasteiger charge is -2.07. The van der Waals surface area contributed by atoms with Gasteiger partial charge < -0.3 is 9.47 Å². The van der Waals surface area contributed by atoms with Crippen LogP contribution in [0.1, 0.15) is 33.1 Å². The minimum absolute atomic E-state index is 0.705. The first kappa shape index (κ1) is 11.9. The van der Waals surface area contributed by atoms with E-state index in [1.165, 1.54) is 12.8 Å². The SMILES string of the molecule is CCCCCOc1ccc(OCC)cc1. The van der Waals surface area contributed by atoms with Crippen LogP contribution in [0.15, 0.2) is 24.3 Å². The fourth-order valence-electron chi connectivity index (χ4n) is 1.34. The minimum Gasteiger partial charge on any atom is -0.494 e. The zero-order valence-corrected chi connectivity index (χ0v) is 9.66. The van der Waals surface area contributed by atoms with Gasteiger partial charge in [0, 0.05) is 0 Å². The van der Waals surface area contributed by atoms with Gasteiger partial charge in [0.1, 0.15) is 11.5 Å². The molecule has 1 aromatic rings. The summed E-state index contributed by atoms with van der Waals surface area (Å²) in [7, 11) is 0. The van der Waals surface area contributed by atoms with Gasteiger partial charge in [-0.15, -0.1) is 0 Å². The summed E-state index contributed by atoms with van der Waals surface area (Å²) in [5.74, 6) is 1.83. The minimum atomic E-state index is 0.705. The van der Waals surface area contributed by atoms with Gasteiger partial charge >= 0.3 is 0 Å². The Kier molecular flexibility index (Phi) is 5.67. The van der Waals surface area contributed by atoms with Crippen molar-refractivity contribution in [2.24, 2.45) is 0 Å². The number of hydrogen-bond donors (Lipinski definition) is 0. The Balaban J connectivity index is 2.29. The van der Waals surface area contributed by atoms with Crippen LogP contribution >= 0.6 is 0 Å². The molecule has 0 bridgehead atoms. The van der Waals surface area contributed by atoms with E-state index in [2.05, 4.69) is 6.92 Å². The van der Waals surface area contributed by atoms with Crippen molar-refractivity contribution < 1.29 is 9.47 Å². The third kappa shape index (κ3) is 4.73. The predicted molar refractivity (Wildman–Crippen MR) is 62.6 cm³/mol. The quantitative estimate of drug-likeness (QED) is 0.637.